The number of rotatable bonds is 5. The van der Waals surface area contributed by atoms with Crippen LogP contribution in [0.2, 0.25) is 0 Å². The third kappa shape index (κ3) is 3.51. The summed E-state index contributed by atoms with van der Waals surface area (Å²) in [7, 11) is 0. The van der Waals surface area contributed by atoms with Gasteiger partial charge in [0.2, 0.25) is 10.9 Å². The van der Waals surface area contributed by atoms with Crippen molar-refractivity contribution in [2.75, 3.05) is 0 Å². The zero-order valence-electron chi connectivity index (χ0n) is 13.7. The Labute approximate surface area is 142 Å². The molecule has 0 bridgehead atoms. The van der Waals surface area contributed by atoms with E-state index in [1.165, 1.54) is 15.9 Å². The van der Waals surface area contributed by atoms with Gasteiger partial charge in [0.25, 0.3) is 0 Å². The number of amides is 1. The minimum Gasteiger partial charge on any atom is -0.350 e. The van der Waals surface area contributed by atoms with E-state index < -0.39 is 0 Å². The van der Waals surface area contributed by atoms with Crippen molar-refractivity contribution in [1.29, 1.82) is 0 Å². The summed E-state index contributed by atoms with van der Waals surface area (Å²) in [6.45, 7) is 6.18. The molecule has 0 saturated carbocycles. The smallest absolute Gasteiger partial charge is 0.347 e. The number of hydrogen-bond acceptors (Lipinski definition) is 6. The molecule has 9 heteroatoms. The van der Waals surface area contributed by atoms with Crippen molar-refractivity contribution < 1.29 is 4.79 Å². The molecule has 0 fully saturated rings. The number of hydrogen-bond donors (Lipinski definition) is 1. The fourth-order valence-electron chi connectivity index (χ4n) is 2.47. The minimum absolute atomic E-state index is 0.137. The summed E-state index contributed by atoms with van der Waals surface area (Å²) < 4.78 is 3.22. The average molecular weight is 346 g/mol. The van der Waals surface area contributed by atoms with Crippen molar-refractivity contribution in [2.24, 2.45) is 0 Å². The van der Waals surface area contributed by atoms with Crippen LogP contribution >= 0.6 is 11.3 Å². The number of carbonyl (C=O) groups is 1. The van der Waals surface area contributed by atoms with E-state index in [-0.39, 0.29) is 18.0 Å². The number of nitrogens with zero attached hydrogens (tertiary/aromatic N) is 5. The molecule has 1 amide bonds. The van der Waals surface area contributed by atoms with Crippen LogP contribution in [0.1, 0.15) is 28.5 Å². The molecule has 24 heavy (non-hydrogen) atoms. The molecule has 3 heterocycles. The van der Waals surface area contributed by atoms with E-state index in [9.17, 15) is 9.59 Å². The molecular formula is C15H18N6O2S. The SMILES string of the molecule is Cc1cc(C)n(CCC(=O)NCc2cn3nc(C)sc3n2)c(=O)n1. The summed E-state index contributed by atoms with van der Waals surface area (Å²) >= 11 is 1.50. The Kier molecular flexibility index (Phi) is 4.43. The van der Waals surface area contributed by atoms with Crippen molar-refractivity contribution >= 4 is 22.2 Å². The molecule has 0 aromatic carbocycles. The molecule has 3 aromatic rings. The zero-order chi connectivity index (χ0) is 17.3. The molecule has 8 nitrogen and oxygen atoms in total. The first-order chi connectivity index (χ1) is 11.4. The highest BCUT2D eigenvalue weighted by Gasteiger charge is 2.09. The maximum atomic E-state index is 12.0. The number of imidazole rings is 1. The summed E-state index contributed by atoms with van der Waals surface area (Å²) in [5.41, 5.74) is 1.92. The summed E-state index contributed by atoms with van der Waals surface area (Å²) in [4.78, 5) is 32.9. The molecule has 0 radical (unpaired) electrons. The first-order valence-corrected chi connectivity index (χ1v) is 8.37. The quantitative estimate of drug-likeness (QED) is 0.743. The Hall–Kier alpha value is -2.55. The fraction of sp³-hybridized carbons (Fsp3) is 0.400. The van der Waals surface area contributed by atoms with Crippen LogP contribution in [0, 0.1) is 20.8 Å². The van der Waals surface area contributed by atoms with E-state index in [4.69, 9.17) is 0 Å². The summed E-state index contributed by atoms with van der Waals surface area (Å²) in [5.74, 6) is -0.137. The van der Waals surface area contributed by atoms with Gasteiger partial charge in [0.1, 0.15) is 5.01 Å². The van der Waals surface area contributed by atoms with Gasteiger partial charge in [0, 0.05) is 24.4 Å². The van der Waals surface area contributed by atoms with Crippen LogP contribution in [-0.4, -0.2) is 30.1 Å². The van der Waals surface area contributed by atoms with Crippen LogP contribution in [-0.2, 0) is 17.9 Å². The highest BCUT2D eigenvalue weighted by Crippen LogP contribution is 2.13. The van der Waals surface area contributed by atoms with Gasteiger partial charge in [0.05, 0.1) is 18.4 Å². The fourth-order valence-corrected chi connectivity index (χ4v) is 3.21. The van der Waals surface area contributed by atoms with Gasteiger partial charge in [-0.05, 0) is 26.8 Å². The van der Waals surface area contributed by atoms with Gasteiger partial charge < -0.3 is 5.32 Å². The van der Waals surface area contributed by atoms with Crippen LogP contribution in [0.4, 0.5) is 0 Å². The lowest BCUT2D eigenvalue weighted by atomic mass is 10.3. The predicted octanol–water partition coefficient (Wildman–Crippen LogP) is 0.979. The van der Waals surface area contributed by atoms with Gasteiger partial charge in [0.15, 0.2) is 0 Å². The molecule has 1 N–H and O–H groups in total. The van der Waals surface area contributed by atoms with Crippen molar-refractivity contribution in [2.45, 2.75) is 40.3 Å². The third-order valence-corrected chi connectivity index (χ3v) is 4.41. The average Bonchev–Trinajstić information content (AvgIpc) is 3.00. The van der Waals surface area contributed by atoms with Gasteiger partial charge in [-0.15, -0.1) is 0 Å². The number of nitrogens with one attached hydrogen (secondary N) is 1. The summed E-state index contributed by atoms with van der Waals surface area (Å²) in [6.07, 6.45) is 2.02. The van der Waals surface area contributed by atoms with Crippen LogP contribution < -0.4 is 11.0 Å². The molecule has 126 valence electrons. The van der Waals surface area contributed by atoms with Crippen LogP contribution in [0.5, 0.6) is 0 Å². The third-order valence-electron chi connectivity index (χ3n) is 3.57. The van der Waals surface area contributed by atoms with Crippen LogP contribution in [0.25, 0.3) is 4.96 Å². The standard InChI is InChI=1S/C15H18N6O2S/c1-9-6-10(2)20(14(23)17-9)5-4-13(22)16-7-12-8-21-15(18-12)24-11(3)19-21/h6,8H,4-5,7H2,1-3H3,(H,16,22). The predicted molar refractivity (Wildman–Crippen MR) is 90.0 cm³/mol. The van der Waals surface area contributed by atoms with E-state index in [1.807, 2.05) is 19.9 Å². The second-order valence-corrected chi connectivity index (χ2v) is 6.74. The first-order valence-electron chi connectivity index (χ1n) is 7.56. The highest BCUT2D eigenvalue weighted by molar-refractivity contribution is 7.16. The first kappa shape index (κ1) is 16.3. The Morgan fingerprint density at radius 3 is 2.79 bits per heavy atom. The lowest BCUT2D eigenvalue weighted by Gasteiger charge is -2.09. The molecular weight excluding hydrogens is 328 g/mol. The lowest BCUT2D eigenvalue weighted by Crippen LogP contribution is -2.29. The molecule has 3 aromatic heterocycles. The Morgan fingerprint density at radius 2 is 2.08 bits per heavy atom. The lowest BCUT2D eigenvalue weighted by molar-refractivity contribution is -0.121. The van der Waals surface area contributed by atoms with E-state index in [0.29, 0.717) is 18.8 Å². The van der Waals surface area contributed by atoms with E-state index in [0.717, 1.165) is 21.4 Å². The Bertz CT molecular complexity index is 923. The summed E-state index contributed by atoms with van der Waals surface area (Å²) in [5, 5.41) is 8.03. The van der Waals surface area contributed by atoms with Crippen molar-refractivity contribution in [3.8, 4) is 0 Å². The molecule has 0 saturated heterocycles. The van der Waals surface area contributed by atoms with Gasteiger partial charge in [-0.3, -0.25) is 9.36 Å². The normalized spacial score (nSPS) is 11.1. The minimum atomic E-state index is -0.323. The monoisotopic (exact) mass is 346 g/mol. The zero-order valence-corrected chi connectivity index (χ0v) is 14.6. The molecule has 0 spiro atoms. The van der Waals surface area contributed by atoms with Crippen molar-refractivity contribution in [3.63, 3.8) is 0 Å². The molecule has 0 aliphatic rings. The maximum Gasteiger partial charge on any atom is 0.347 e. The maximum absolute atomic E-state index is 12.0. The van der Waals surface area contributed by atoms with Crippen LogP contribution in [0.3, 0.4) is 0 Å². The molecule has 0 aliphatic carbocycles. The van der Waals surface area contributed by atoms with E-state index in [2.05, 4.69) is 20.4 Å². The Balaban J connectivity index is 1.56. The van der Waals surface area contributed by atoms with E-state index >= 15 is 0 Å². The van der Waals surface area contributed by atoms with Gasteiger partial charge in [-0.25, -0.2) is 14.3 Å². The van der Waals surface area contributed by atoms with Crippen LogP contribution in [0.15, 0.2) is 17.1 Å². The van der Waals surface area contributed by atoms with Crippen molar-refractivity contribution in [1.82, 2.24) is 29.5 Å². The van der Waals surface area contributed by atoms with Gasteiger partial charge >= 0.3 is 5.69 Å². The molecule has 0 atom stereocenters. The number of carbonyl (C=O) groups excluding carboxylic acids is 1. The van der Waals surface area contributed by atoms with Gasteiger partial charge in [-0.2, -0.15) is 10.1 Å². The van der Waals surface area contributed by atoms with E-state index in [1.54, 1.807) is 17.6 Å². The number of aromatic nitrogens is 5. The second kappa shape index (κ2) is 6.52. The second-order valence-electron chi connectivity index (χ2n) is 5.58. The highest BCUT2D eigenvalue weighted by atomic mass is 32.1. The number of aryl methyl sites for hydroxylation is 3. The summed E-state index contributed by atoms with van der Waals surface area (Å²) in [6, 6.07) is 1.83. The van der Waals surface area contributed by atoms with Gasteiger partial charge in [-0.1, -0.05) is 11.3 Å². The Morgan fingerprint density at radius 1 is 1.29 bits per heavy atom. The largest absolute Gasteiger partial charge is 0.350 e. The molecule has 0 aliphatic heterocycles. The topological polar surface area (TPSA) is 94.2 Å². The number of fused-ring (bicyclic) bond motifs is 1. The molecule has 0 unspecified atom stereocenters. The van der Waals surface area contributed by atoms with Crippen molar-refractivity contribution in [3.05, 3.63) is 44.8 Å². The molecule has 3 rings (SSSR count).